The average Bonchev–Trinajstić information content (AvgIpc) is 2.45. The molecular weight excluding hydrogens is 242 g/mol. The summed E-state index contributed by atoms with van der Waals surface area (Å²) in [6, 6.07) is 3.34. The second kappa shape index (κ2) is 7.33. The second-order valence-electron chi connectivity index (χ2n) is 3.79. The van der Waals surface area contributed by atoms with Crippen molar-refractivity contribution < 1.29 is 14.6 Å². The third-order valence-electron chi connectivity index (χ3n) is 2.63. The Kier molecular flexibility index (Phi) is 5.75. The van der Waals surface area contributed by atoms with Crippen molar-refractivity contribution in [1.29, 1.82) is 0 Å². The van der Waals surface area contributed by atoms with Gasteiger partial charge < -0.3 is 19.9 Å². The number of terminal acetylenes is 2. The highest BCUT2D eigenvalue weighted by Gasteiger charge is 2.16. The molecule has 0 fully saturated rings. The maximum Gasteiger partial charge on any atom is 0.161 e. The minimum Gasteiger partial charge on any atom is -0.493 e. The SMILES string of the molecule is C#CCNCC(O)c1cc(OC)c(OC)cc1C#C. The molecule has 0 aliphatic heterocycles. The van der Waals surface area contributed by atoms with Gasteiger partial charge in [-0.05, 0) is 12.1 Å². The van der Waals surface area contributed by atoms with Gasteiger partial charge in [-0.2, -0.15) is 0 Å². The van der Waals surface area contributed by atoms with Gasteiger partial charge in [-0.1, -0.05) is 11.8 Å². The number of rotatable bonds is 6. The molecule has 0 aromatic heterocycles. The molecule has 1 aromatic carbocycles. The lowest BCUT2D eigenvalue weighted by Gasteiger charge is -2.16. The van der Waals surface area contributed by atoms with Crippen LogP contribution in [-0.2, 0) is 0 Å². The van der Waals surface area contributed by atoms with E-state index in [0.29, 0.717) is 35.7 Å². The molecule has 0 heterocycles. The Morgan fingerprint density at radius 2 is 1.89 bits per heavy atom. The molecule has 1 unspecified atom stereocenters. The normalized spacial score (nSPS) is 11.2. The predicted molar refractivity (Wildman–Crippen MR) is 74.1 cm³/mol. The van der Waals surface area contributed by atoms with Gasteiger partial charge in [0.25, 0.3) is 0 Å². The van der Waals surface area contributed by atoms with Crippen LogP contribution in [0, 0.1) is 24.7 Å². The Hall–Kier alpha value is -2.14. The lowest BCUT2D eigenvalue weighted by molar-refractivity contribution is 0.175. The molecule has 0 amide bonds. The molecule has 0 aliphatic carbocycles. The zero-order valence-electron chi connectivity index (χ0n) is 11.1. The molecule has 1 atom stereocenters. The molecule has 0 radical (unpaired) electrons. The number of aliphatic hydroxyl groups excluding tert-OH is 1. The third kappa shape index (κ3) is 3.66. The summed E-state index contributed by atoms with van der Waals surface area (Å²) in [6.45, 7) is 0.699. The fraction of sp³-hybridized carbons (Fsp3) is 0.333. The molecule has 0 saturated heterocycles. The summed E-state index contributed by atoms with van der Waals surface area (Å²) in [6.07, 6.45) is 9.81. The van der Waals surface area contributed by atoms with Crippen molar-refractivity contribution in [1.82, 2.24) is 5.32 Å². The zero-order valence-corrected chi connectivity index (χ0v) is 11.1. The van der Waals surface area contributed by atoms with E-state index in [1.54, 1.807) is 12.1 Å². The van der Waals surface area contributed by atoms with Crippen LogP contribution in [0.2, 0.25) is 0 Å². The van der Waals surface area contributed by atoms with E-state index in [1.807, 2.05) is 0 Å². The van der Waals surface area contributed by atoms with Crippen molar-refractivity contribution in [2.24, 2.45) is 0 Å². The van der Waals surface area contributed by atoms with Gasteiger partial charge in [-0.15, -0.1) is 12.8 Å². The minimum absolute atomic E-state index is 0.314. The fourth-order valence-corrected chi connectivity index (χ4v) is 1.69. The summed E-state index contributed by atoms with van der Waals surface area (Å²) >= 11 is 0. The molecule has 2 N–H and O–H groups in total. The van der Waals surface area contributed by atoms with E-state index in [1.165, 1.54) is 14.2 Å². The lowest BCUT2D eigenvalue weighted by Crippen LogP contribution is -2.22. The van der Waals surface area contributed by atoms with E-state index in [0.717, 1.165) is 0 Å². The summed E-state index contributed by atoms with van der Waals surface area (Å²) in [5.74, 6) is 6.02. The summed E-state index contributed by atoms with van der Waals surface area (Å²) in [5, 5.41) is 13.0. The number of benzene rings is 1. The van der Waals surface area contributed by atoms with E-state index in [9.17, 15) is 5.11 Å². The van der Waals surface area contributed by atoms with E-state index in [4.69, 9.17) is 22.3 Å². The van der Waals surface area contributed by atoms with E-state index < -0.39 is 6.10 Å². The highest BCUT2D eigenvalue weighted by atomic mass is 16.5. The second-order valence-corrected chi connectivity index (χ2v) is 3.79. The maximum atomic E-state index is 10.1. The largest absolute Gasteiger partial charge is 0.493 e. The van der Waals surface area contributed by atoms with Crippen molar-refractivity contribution in [2.75, 3.05) is 27.3 Å². The molecule has 0 aliphatic rings. The van der Waals surface area contributed by atoms with Crippen LogP contribution < -0.4 is 14.8 Å². The summed E-state index contributed by atoms with van der Waals surface area (Å²) < 4.78 is 10.4. The zero-order chi connectivity index (χ0) is 14.3. The molecule has 0 bridgehead atoms. The smallest absolute Gasteiger partial charge is 0.161 e. The van der Waals surface area contributed by atoms with Crippen LogP contribution in [0.4, 0.5) is 0 Å². The van der Waals surface area contributed by atoms with Crippen LogP contribution in [-0.4, -0.2) is 32.4 Å². The Labute approximate surface area is 113 Å². The van der Waals surface area contributed by atoms with Gasteiger partial charge in [-0.3, -0.25) is 0 Å². The maximum absolute atomic E-state index is 10.1. The van der Waals surface area contributed by atoms with Crippen LogP contribution in [0.1, 0.15) is 17.2 Å². The first kappa shape index (κ1) is 14.9. The quantitative estimate of drug-likeness (QED) is 0.590. The first-order chi connectivity index (χ1) is 9.17. The van der Waals surface area contributed by atoms with Crippen LogP contribution in [0.15, 0.2) is 12.1 Å². The van der Waals surface area contributed by atoms with Crippen LogP contribution in [0.3, 0.4) is 0 Å². The minimum atomic E-state index is -0.765. The highest BCUT2D eigenvalue weighted by Crippen LogP contribution is 2.32. The first-order valence-corrected chi connectivity index (χ1v) is 5.72. The van der Waals surface area contributed by atoms with E-state index in [2.05, 4.69) is 17.2 Å². The van der Waals surface area contributed by atoms with Crippen LogP contribution in [0.25, 0.3) is 0 Å². The molecule has 4 nitrogen and oxygen atoms in total. The van der Waals surface area contributed by atoms with Gasteiger partial charge in [-0.25, -0.2) is 0 Å². The standard InChI is InChI=1S/C15H17NO3/c1-5-7-16-10-13(17)12-9-15(19-4)14(18-3)8-11(12)6-2/h1-2,8-9,13,16-17H,7,10H2,3-4H3. The van der Waals surface area contributed by atoms with Crippen molar-refractivity contribution in [3.8, 4) is 36.2 Å². The molecule has 4 heteroatoms. The number of hydrogen-bond acceptors (Lipinski definition) is 4. The monoisotopic (exact) mass is 259 g/mol. The Morgan fingerprint density at radius 1 is 1.26 bits per heavy atom. The Morgan fingerprint density at radius 3 is 2.42 bits per heavy atom. The van der Waals surface area contributed by atoms with E-state index in [-0.39, 0.29) is 0 Å². The summed E-state index contributed by atoms with van der Waals surface area (Å²) in [4.78, 5) is 0. The van der Waals surface area contributed by atoms with E-state index >= 15 is 0 Å². The van der Waals surface area contributed by atoms with Crippen molar-refractivity contribution in [3.05, 3.63) is 23.3 Å². The number of hydrogen-bond donors (Lipinski definition) is 2. The molecular formula is C15H17NO3. The number of methoxy groups -OCH3 is 2. The fourth-order valence-electron chi connectivity index (χ4n) is 1.69. The highest BCUT2D eigenvalue weighted by molar-refractivity contribution is 5.53. The van der Waals surface area contributed by atoms with Gasteiger partial charge >= 0.3 is 0 Å². The van der Waals surface area contributed by atoms with Crippen molar-refractivity contribution in [3.63, 3.8) is 0 Å². The Balaban J connectivity index is 3.05. The molecule has 1 aromatic rings. The van der Waals surface area contributed by atoms with Crippen LogP contribution >= 0.6 is 0 Å². The van der Waals surface area contributed by atoms with Gasteiger partial charge in [0.1, 0.15) is 0 Å². The van der Waals surface area contributed by atoms with Gasteiger partial charge in [0.15, 0.2) is 11.5 Å². The third-order valence-corrected chi connectivity index (χ3v) is 2.63. The molecule has 19 heavy (non-hydrogen) atoms. The van der Waals surface area contributed by atoms with Gasteiger partial charge in [0, 0.05) is 17.7 Å². The lowest BCUT2D eigenvalue weighted by atomic mass is 10.0. The molecule has 0 saturated carbocycles. The van der Waals surface area contributed by atoms with Crippen molar-refractivity contribution in [2.45, 2.75) is 6.10 Å². The van der Waals surface area contributed by atoms with Gasteiger partial charge in [0.05, 0.1) is 26.9 Å². The number of aliphatic hydroxyl groups is 1. The van der Waals surface area contributed by atoms with Crippen LogP contribution in [0.5, 0.6) is 11.5 Å². The summed E-state index contributed by atoms with van der Waals surface area (Å²) in [7, 11) is 3.06. The van der Waals surface area contributed by atoms with Gasteiger partial charge in [0.2, 0.25) is 0 Å². The predicted octanol–water partition coefficient (Wildman–Crippen LogP) is 0.941. The summed E-state index contributed by atoms with van der Waals surface area (Å²) in [5.41, 5.74) is 1.16. The average molecular weight is 259 g/mol. The first-order valence-electron chi connectivity index (χ1n) is 5.72. The molecule has 1 rings (SSSR count). The topological polar surface area (TPSA) is 50.7 Å². The molecule has 100 valence electrons. The number of nitrogens with one attached hydrogen (secondary N) is 1. The Bertz CT molecular complexity index is 511. The molecule has 0 spiro atoms. The number of ether oxygens (including phenoxy) is 2. The van der Waals surface area contributed by atoms with Crippen molar-refractivity contribution >= 4 is 0 Å².